The average molecular weight is 250 g/mol. The number of amides is 2. The molecule has 1 aliphatic rings. The number of aromatic hydroxyl groups is 1. The van der Waals surface area contributed by atoms with Crippen molar-refractivity contribution in [2.24, 2.45) is 5.73 Å². The van der Waals surface area contributed by atoms with E-state index in [2.05, 4.69) is 0 Å². The largest absolute Gasteiger partial charge is 0.508 e. The van der Waals surface area contributed by atoms with E-state index in [0.29, 0.717) is 12.8 Å². The summed E-state index contributed by atoms with van der Waals surface area (Å²) in [5, 5.41) is 18.4. The van der Waals surface area contributed by atoms with E-state index in [1.165, 1.54) is 12.1 Å². The molecule has 0 aromatic heterocycles. The minimum absolute atomic E-state index is 0.116. The molecule has 1 aromatic carbocycles. The molecular weight excluding hydrogens is 236 g/mol. The lowest BCUT2D eigenvalue weighted by molar-refractivity contribution is -0.122. The number of carboxylic acid groups (broad SMARTS) is 1. The lowest BCUT2D eigenvalue weighted by Crippen LogP contribution is -2.44. The van der Waals surface area contributed by atoms with Crippen molar-refractivity contribution in [2.75, 3.05) is 0 Å². The van der Waals surface area contributed by atoms with Gasteiger partial charge in [-0.15, -0.1) is 0 Å². The highest BCUT2D eigenvalue weighted by molar-refractivity contribution is 5.84. The number of carbonyl (C=O) groups excluding carboxylic acids is 1. The van der Waals surface area contributed by atoms with Crippen LogP contribution in [-0.2, 0) is 4.79 Å². The lowest BCUT2D eigenvalue weighted by Gasteiger charge is -2.26. The standard InChI is InChI=1S/C12H14N2O4/c13-11(16)10-6-5-9(14(10)12(17)18)7-1-3-8(15)4-2-7/h1-4,9-10,15H,5-6H2,(H2,13,16)(H,17,18)/t9-,10-/m0/s1. The Morgan fingerprint density at radius 2 is 1.83 bits per heavy atom. The quantitative estimate of drug-likeness (QED) is 0.730. The Morgan fingerprint density at radius 3 is 2.33 bits per heavy atom. The zero-order chi connectivity index (χ0) is 13.3. The molecule has 4 N–H and O–H groups in total. The van der Waals surface area contributed by atoms with Gasteiger partial charge >= 0.3 is 6.09 Å². The maximum absolute atomic E-state index is 11.2. The van der Waals surface area contributed by atoms with Crippen LogP contribution in [-0.4, -0.2) is 33.2 Å². The molecule has 1 aliphatic heterocycles. The monoisotopic (exact) mass is 250 g/mol. The second kappa shape index (κ2) is 4.56. The number of carbonyl (C=O) groups is 2. The van der Waals surface area contributed by atoms with Crippen LogP contribution in [0.2, 0.25) is 0 Å². The molecule has 0 aliphatic carbocycles. The molecule has 2 rings (SSSR count). The molecule has 6 nitrogen and oxygen atoms in total. The summed E-state index contributed by atoms with van der Waals surface area (Å²) in [6, 6.07) is 5.13. The molecule has 1 heterocycles. The highest BCUT2D eigenvalue weighted by Gasteiger charge is 2.40. The van der Waals surface area contributed by atoms with E-state index in [4.69, 9.17) is 5.73 Å². The van der Waals surface area contributed by atoms with E-state index < -0.39 is 18.0 Å². The van der Waals surface area contributed by atoms with Gasteiger partial charge in [0.1, 0.15) is 11.8 Å². The number of likely N-dealkylation sites (tertiary alicyclic amines) is 1. The third kappa shape index (κ3) is 2.09. The molecule has 1 fully saturated rings. The first-order chi connectivity index (χ1) is 8.50. The Kier molecular flexibility index (Phi) is 3.10. The third-order valence-electron chi connectivity index (χ3n) is 3.21. The minimum atomic E-state index is -1.16. The Bertz CT molecular complexity index is 471. The Hall–Kier alpha value is -2.24. The third-order valence-corrected chi connectivity index (χ3v) is 3.21. The van der Waals surface area contributed by atoms with E-state index in [9.17, 15) is 19.8 Å². The number of hydrogen-bond donors (Lipinski definition) is 3. The Balaban J connectivity index is 2.30. The van der Waals surface area contributed by atoms with Gasteiger partial charge in [-0.25, -0.2) is 4.79 Å². The van der Waals surface area contributed by atoms with Gasteiger partial charge in [0.25, 0.3) is 0 Å². The van der Waals surface area contributed by atoms with Crippen molar-refractivity contribution in [2.45, 2.75) is 24.9 Å². The molecule has 96 valence electrons. The predicted octanol–water partition coefficient (Wildman–Crippen LogP) is 1.06. The number of phenols is 1. The van der Waals surface area contributed by atoms with Crippen LogP contribution in [0.1, 0.15) is 24.4 Å². The molecule has 6 heteroatoms. The fourth-order valence-electron chi connectivity index (χ4n) is 2.38. The number of primary amides is 1. The summed E-state index contributed by atoms with van der Waals surface area (Å²) in [4.78, 5) is 23.6. The summed E-state index contributed by atoms with van der Waals surface area (Å²) in [7, 11) is 0. The van der Waals surface area contributed by atoms with Crippen molar-refractivity contribution < 1.29 is 19.8 Å². The summed E-state index contributed by atoms with van der Waals surface area (Å²) < 4.78 is 0. The number of hydrogen-bond acceptors (Lipinski definition) is 3. The summed E-state index contributed by atoms with van der Waals surface area (Å²) in [5.74, 6) is -0.510. The molecule has 1 aromatic rings. The second-order valence-corrected chi connectivity index (χ2v) is 4.29. The van der Waals surface area contributed by atoms with Gasteiger partial charge in [0, 0.05) is 0 Å². The van der Waals surface area contributed by atoms with E-state index in [1.54, 1.807) is 12.1 Å². The topological polar surface area (TPSA) is 104 Å². The molecule has 0 spiro atoms. The first kappa shape index (κ1) is 12.2. The number of nitrogens with zero attached hydrogens (tertiary/aromatic N) is 1. The summed E-state index contributed by atoms with van der Waals surface area (Å²) in [6.07, 6.45) is -0.188. The van der Waals surface area contributed by atoms with Crippen molar-refractivity contribution in [1.29, 1.82) is 0 Å². The predicted molar refractivity (Wildman–Crippen MR) is 62.9 cm³/mol. The normalized spacial score (nSPS) is 23.0. The molecule has 0 saturated carbocycles. The van der Waals surface area contributed by atoms with E-state index in [-0.39, 0.29) is 11.8 Å². The van der Waals surface area contributed by atoms with Crippen LogP contribution in [0.15, 0.2) is 24.3 Å². The van der Waals surface area contributed by atoms with Crippen LogP contribution < -0.4 is 5.73 Å². The highest BCUT2D eigenvalue weighted by atomic mass is 16.4. The molecule has 1 saturated heterocycles. The Labute approximate surface area is 104 Å². The van der Waals surface area contributed by atoms with E-state index in [0.717, 1.165) is 10.5 Å². The zero-order valence-electron chi connectivity index (χ0n) is 9.61. The fraction of sp³-hybridized carbons (Fsp3) is 0.333. The number of benzene rings is 1. The second-order valence-electron chi connectivity index (χ2n) is 4.29. The van der Waals surface area contributed by atoms with Crippen LogP contribution in [0.5, 0.6) is 5.75 Å². The van der Waals surface area contributed by atoms with E-state index in [1.807, 2.05) is 0 Å². The van der Waals surface area contributed by atoms with Crippen molar-refractivity contribution in [3.63, 3.8) is 0 Å². The first-order valence-electron chi connectivity index (χ1n) is 5.60. The molecule has 18 heavy (non-hydrogen) atoms. The molecule has 0 unspecified atom stereocenters. The van der Waals surface area contributed by atoms with Crippen LogP contribution in [0, 0.1) is 0 Å². The average Bonchev–Trinajstić information content (AvgIpc) is 2.74. The van der Waals surface area contributed by atoms with Crippen molar-refractivity contribution in [3.8, 4) is 5.75 Å². The molecule has 2 amide bonds. The molecule has 0 bridgehead atoms. The van der Waals surface area contributed by atoms with Crippen molar-refractivity contribution in [1.82, 2.24) is 4.90 Å². The van der Waals surface area contributed by atoms with Gasteiger partial charge in [-0.05, 0) is 30.5 Å². The lowest BCUT2D eigenvalue weighted by atomic mass is 10.0. The highest BCUT2D eigenvalue weighted by Crippen LogP contribution is 2.36. The maximum Gasteiger partial charge on any atom is 0.408 e. The minimum Gasteiger partial charge on any atom is -0.508 e. The van der Waals surface area contributed by atoms with Crippen LogP contribution in [0.4, 0.5) is 4.79 Å². The number of phenolic OH excluding ortho intramolecular Hbond substituents is 1. The zero-order valence-corrected chi connectivity index (χ0v) is 9.61. The Morgan fingerprint density at radius 1 is 1.22 bits per heavy atom. The summed E-state index contributed by atoms with van der Waals surface area (Å²) >= 11 is 0. The molecule has 2 atom stereocenters. The van der Waals surface area contributed by atoms with Gasteiger partial charge in [0.05, 0.1) is 6.04 Å². The van der Waals surface area contributed by atoms with Gasteiger partial charge in [-0.2, -0.15) is 0 Å². The maximum atomic E-state index is 11.2. The van der Waals surface area contributed by atoms with Crippen LogP contribution >= 0.6 is 0 Å². The first-order valence-corrected chi connectivity index (χ1v) is 5.60. The summed E-state index contributed by atoms with van der Waals surface area (Å²) in [5.41, 5.74) is 5.96. The smallest absolute Gasteiger partial charge is 0.408 e. The van der Waals surface area contributed by atoms with Crippen LogP contribution in [0.25, 0.3) is 0 Å². The number of nitrogens with two attached hydrogens (primary N) is 1. The van der Waals surface area contributed by atoms with Gasteiger partial charge in [-0.3, -0.25) is 9.69 Å². The molecular formula is C12H14N2O4. The van der Waals surface area contributed by atoms with Gasteiger partial charge < -0.3 is 15.9 Å². The van der Waals surface area contributed by atoms with Crippen molar-refractivity contribution >= 4 is 12.0 Å². The molecule has 0 radical (unpaired) electrons. The van der Waals surface area contributed by atoms with E-state index >= 15 is 0 Å². The SMILES string of the molecule is NC(=O)[C@@H]1CC[C@@H](c2ccc(O)cc2)N1C(=O)O. The van der Waals surface area contributed by atoms with Crippen LogP contribution in [0.3, 0.4) is 0 Å². The number of rotatable bonds is 2. The summed E-state index contributed by atoms with van der Waals surface area (Å²) in [6.45, 7) is 0. The van der Waals surface area contributed by atoms with Gasteiger partial charge in [0.15, 0.2) is 0 Å². The van der Waals surface area contributed by atoms with Gasteiger partial charge in [0.2, 0.25) is 5.91 Å². The van der Waals surface area contributed by atoms with Crippen molar-refractivity contribution in [3.05, 3.63) is 29.8 Å². The van der Waals surface area contributed by atoms with Gasteiger partial charge in [-0.1, -0.05) is 12.1 Å². The fourth-order valence-corrected chi connectivity index (χ4v) is 2.38.